The van der Waals surface area contributed by atoms with E-state index in [0.29, 0.717) is 23.3 Å². The van der Waals surface area contributed by atoms with Gasteiger partial charge in [0.1, 0.15) is 0 Å². The molecular weight excluding hydrogens is 304 g/mol. The van der Waals surface area contributed by atoms with Gasteiger partial charge in [-0.1, -0.05) is 16.8 Å². The average molecular weight is 321 g/mol. The number of amides is 1. The number of nitrogens with two attached hydrogens (primary N) is 1. The standard InChI is InChI=1S/C15H17ClN4O2/c16-12-3-1-11(2-4-12)15-18-13(22-19-15)9-20-7-5-10(6-8-20)14(17)21/h1-4,10H,5-9H2,(H2,17,21). The number of piperidine rings is 1. The molecule has 1 fully saturated rings. The molecule has 1 saturated heterocycles. The van der Waals surface area contributed by atoms with E-state index < -0.39 is 0 Å². The fourth-order valence-electron chi connectivity index (χ4n) is 2.60. The van der Waals surface area contributed by atoms with Gasteiger partial charge in [0.15, 0.2) is 0 Å². The fourth-order valence-corrected chi connectivity index (χ4v) is 2.73. The molecule has 116 valence electrons. The predicted molar refractivity (Wildman–Crippen MR) is 81.9 cm³/mol. The first-order valence-electron chi connectivity index (χ1n) is 7.22. The number of primary amides is 1. The second kappa shape index (κ2) is 6.46. The summed E-state index contributed by atoms with van der Waals surface area (Å²) in [6.45, 7) is 2.21. The smallest absolute Gasteiger partial charge is 0.241 e. The minimum atomic E-state index is -0.206. The second-order valence-electron chi connectivity index (χ2n) is 5.47. The van der Waals surface area contributed by atoms with Crippen molar-refractivity contribution >= 4 is 17.5 Å². The highest BCUT2D eigenvalue weighted by Gasteiger charge is 2.24. The molecule has 7 heteroatoms. The summed E-state index contributed by atoms with van der Waals surface area (Å²) in [5, 5.41) is 4.67. The van der Waals surface area contributed by atoms with Crippen molar-refractivity contribution in [1.29, 1.82) is 0 Å². The van der Waals surface area contributed by atoms with Gasteiger partial charge in [-0.05, 0) is 50.2 Å². The van der Waals surface area contributed by atoms with E-state index in [-0.39, 0.29) is 11.8 Å². The van der Waals surface area contributed by atoms with Crippen molar-refractivity contribution < 1.29 is 9.32 Å². The van der Waals surface area contributed by atoms with Crippen LogP contribution in [-0.4, -0.2) is 34.0 Å². The van der Waals surface area contributed by atoms with Crippen molar-refractivity contribution in [2.45, 2.75) is 19.4 Å². The van der Waals surface area contributed by atoms with Crippen molar-refractivity contribution in [3.8, 4) is 11.4 Å². The quantitative estimate of drug-likeness (QED) is 0.932. The Kier molecular flexibility index (Phi) is 4.40. The minimum absolute atomic E-state index is 0.0106. The number of hydrogen-bond donors (Lipinski definition) is 1. The van der Waals surface area contributed by atoms with Gasteiger partial charge in [-0.2, -0.15) is 4.98 Å². The zero-order chi connectivity index (χ0) is 15.5. The number of aromatic nitrogens is 2. The lowest BCUT2D eigenvalue weighted by atomic mass is 9.96. The minimum Gasteiger partial charge on any atom is -0.369 e. The Morgan fingerprint density at radius 1 is 1.32 bits per heavy atom. The Morgan fingerprint density at radius 2 is 2.00 bits per heavy atom. The zero-order valence-corrected chi connectivity index (χ0v) is 12.8. The molecule has 1 aliphatic heterocycles. The van der Waals surface area contributed by atoms with Crippen LogP contribution >= 0.6 is 11.6 Å². The highest BCUT2D eigenvalue weighted by molar-refractivity contribution is 6.30. The van der Waals surface area contributed by atoms with E-state index in [1.807, 2.05) is 12.1 Å². The molecule has 1 aromatic heterocycles. The van der Waals surface area contributed by atoms with E-state index in [1.165, 1.54) is 0 Å². The molecule has 2 heterocycles. The summed E-state index contributed by atoms with van der Waals surface area (Å²) in [7, 11) is 0. The van der Waals surface area contributed by atoms with Crippen molar-refractivity contribution in [3.63, 3.8) is 0 Å². The molecule has 0 spiro atoms. The maximum absolute atomic E-state index is 11.2. The molecular formula is C15H17ClN4O2. The van der Waals surface area contributed by atoms with Gasteiger partial charge in [0, 0.05) is 16.5 Å². The van der Waals surface area contributed by atoms with Crippen LogP contribution in [0.5, 0.6) is 0 Å². The SMILES string of the molecule is NC(=O)C1CCN(Cc2nc(-c3ccc(Cl)cc3)no2)CC1. The maximum Gasteiger partial charge on any atom is 0.241 e. The van der Waals surface area contributed by atoms with Crippen LogP contribution in [-0.2, 0) is 11.3 Å². The molecule has 0 bridgehead atoms. The Bertz CT molecular complexity index is 648. The molecule has 1 aliphatic rings. The Morgan fingerprint density at radius 3 is 2.64 bits per heavy atom. The Balaban J connectivity index is 1.60. The molecule has 0 saturated carbocycles. The summed E-state index contributed by atoms with van der Waals surface area (Å²) >= 11 is 5.86. The molecule has 0 atom stereocenters. The number of benzene rings is 1. The fraction of sp³-hybridized carbons (Fsp3) is 0.400. The number of rotatable bonds is 4. The summed E-state index contributed by atoms with van der Waals surface area (Å²) < 4.78 is 5.30. The lowest BCUT2D eigenvalue weighted by molar-refractivity contribution is -0.123. The van der Waals surface area contributed by atoms with E-state index in [4.69, 9.17) is 21.9 Å². The summed E-state index contributed by atoms with van der Waals surface area (Å²) in [6.07, 6.45) is 1.57. The normalized spacial score (nSPS) is 16.8. The lowest BCUT2D eigenvalue weighted by Gasteiger charge is -2.29. The third-order valence-corrected chi connectivity index (χ3v) is 4.17. The number of carbonyl (C=O) groups is 1. The van der Waals surface area contributed by atoms with Crippen molar-refractivity contribution in [1.82, 2.24) is 15.0 Å². The topological polar surface area (TPSA) is 85.3 Å². The third kappa shape index (κ3) is 3.45. The van der Waals surface area contributed by atoms with Crippen LogP contribution in [0.3, 0.4) is 0 Å². The summed E-state index contributed by atoms with van der Waals surface area (Å²) in [5.74, 6) is 0.909. The van der Waals surface area contributed by atoms with Crippen LogP contribution in [0.15, 0.2) is 28.8 Å². The molecule has 3 rings (SSSR count). The first kappa shape index (κ1) is 15.0. The number of nitrogens with zero attached hydrogens (tertiary/aromatic N) is 3. The summed E-state index contributed by atoms with van der Waals surface area (Å²) in [5.41, 5.74) is 6.20. The third-order valence-electron chi connectivity index (χ3n) is 3.92. The predicted octanol–water partition coefficient (Wildman–Crippen LogP) is 2.09. The monoisotopic (exact) mass is 320 g/mol. The van der Waals surface area contributed by atoms with Gasteiger partial charge < -0.3 is 10.3 Å². The van der Waals surface area contributed by atoms with Crippen molar-refractivity contribution in [2.24, 2.45) is 11.7 Å². The van der Waals surface area contributed by atoms with Gasteiger partial charge in [0.05, 0.1) is 6.54 Å². The summed E-state index contributed by atoms with van der Waals surface area (Å²) in [6, 6.07) is 7.30. The lowest BCUT2D eigenvalue weighted by Crippen LogP contribution is -2.38. The molecule has 2 aromatic rings. The van der Waals surface area contributed by atoms with Gasteiger partial charge in [-0.3, -0.25) is 9.69 Å². The first-order chi connectivity index (χ1) is 10.6. The van der Waals surface area contributed by atoms with Crippen LogP contribution in [0.4, 0.5) is 0 Å². The van der Waals surface area contributed by atoms with Gasteiger partial charge in [0.25, 0.3) is 0 Å². The van der Waals surface area contributed by atoms with E-state index in [0.717, 1.165) is 31.5 Å². The second-order valence-corrected chi connectivity index (χ2v) is 5.91. The number of hydrogen-bond acceptors (Lipinski definition) is 5. The molecule has 1 aromatic carbocycles. The average Bonchev–Trinajstić information content (AvgIpc) is 2.97. The molecule has 22 heavy (non-hydrogen) atoms. The van der Waals surface area contributed by atoms with Crippen LogP contribution in [0, 0.1) is 5.92 Å². The number of halogens is 1. The van der Waals surface area contributed by atoms with E-state index in [9.17, 15) is 4.79 Å². The van der Waals surface area contributed by atoms with Crippen molar-refractivity contribution in [2.75, 3.05) is 13.1 Å². The first-order valence-corrected chi connectivity index (χ1v) is 7.60. The Labute approximate surface area is 133 Å². The highest BCUT2D eigenvalue weighted by Crippen LogP contribution is 2.21. The van der Waals surface area contributed by atoms with E-state index in [2.05, 4.69) is 15.0 Å². The Hall–Kier alpha value is -1.92. The van der Waals surface area contributed by atoms with Crippen molar-refractivity contribution in [3.05, 3.63) is 35.2 Å². The largest absolute Gasteiger partial charge is 0.369 e. The van der Waals surface area contributed by atoms with E-state index >= 15 is 0 Å². The molecule has 0 radical (unpaired) electrons. The number of carbonyl (C=O) groups excluding carboxylic acids is 1. The summed E-state index contributed by atoms with van der Waals surface area (Å²) in [4.78, 5) is 17.8. The molecule has 2 N–H and O–H groups in total. The molecule has 1 amide bonds. The molecule has 0 aliphatic carbocycles. The van der Waals surface area contributed by atoms with Gasteiger partial charge >= 0.3 is 0 Å². The van der Waals surface area contributed by atoms with Crippen LogP contribution in [0.25, 0.3) is 11.4 Å². The van der Waals surface area contributed by atoms with E-state index in [1.54, 1.807) is 12.1 Å². The molecule has 6 nitrogen and oxygen atoms in total. The highest BCUT2D eigenvalue weighted by atomic mass is 35.5. The molecule has 0 unspecified atom stereocenters. The van der Waals surface area contributed by atoms with Crippen LogP contribution < -0.4 is 5.73 Å². The maximum atomic E-state index is 11.2. The van der Waals surface area contributed by atoms with Gasteiger partial charge in [-0.15, -0.1) is 0 Å². The van der Waals surface area contributed by atoms with Gasteiger partial charge in [0.2, 0.25) is 17.6 Å². The zero-order valence-electron chi connectivity index (χ0n) is 12.0. The van der Waals surface area contributed by atoms with Crippen LogP contribution in [0.2, 0.25) is 5.02 Å². The van der Waals surface area contributed by atoms with Crippen LogP contribution in [0.1, 0.15) is 18.7 Å². The number of likely N-dealkylation sites (tertiary alicyclic amines) is 1. The van der Waals surface area contributed by atoms with Gasteiger partial charge in [-0.25, -0.2) is 0 Å².